The fourth-order valence-electron chi connectivity index (χ4n) is 9.41. The number of hydrogen-bond acceptors (Lipinski definition) is 8. The van der Waals surface area contributed by atoms with E-state index in [1.807, 2.05) is 36.4 Å². The molecule has 2 saturated heterocycles. The van der Waals surface area contributed by atoms with Crippen LogP contribution in [0.5, 0.6) is 0 Å². The fourth-order valence-corrected chi connectivity index (χ4v) is 9.41. The molecule has 0 spiro atoms. The highest BCUT2D eigenvalue weighted by Gasteiger charge is 2.41. The van der Waals surface area contributed by atoms with Gasteiger partial charge in [0.15, 0.2) is 0 Å². The number of methoxy groups -OCH3 is 2. The van der Waals surface area contributed by atoms with Crippen LogP contribution in [-0.2, 0) is 19.1 Å². The number of aromatic amines is 2. The van der Waals surface area contributed by atoms with Gasteiger partial charge in [0.05, 0.1) is 42.3 Å². The van der Waals surface area contributed by atoms with Gasteiger partial charge in [-0.15, -0.1) is 6.58 Å². The average molecular weight is 845 g/mol. The van der Waals surface area contributed by atoms with Crippen LogP contribution in [0.15, 0.2) is 123 Å². The Balaban J connectivity index is 0.979. The Morgan fingerprint density at radius 2 is 1.51 bits per heavy atom. The highest BCUT2D eigenvalue weighted by Crippen LogP contribution is 2.39. The first-order chi connectivity index (χ1) is 30.6. The molecule has 0 saturated carbocycles. The Bertz CT molecular complexity index is 2930. The summed E-state index contributed by atoms with van der Waals surface area (Å²) in [6, 6.07) is 18.3. The van der Waals surface area contributed by atoms with Gasteiger partial charge in [-0.1, -0.05) is 79.9 Å². The van der Waals surface area contributed by atoms with Crippen molar-refractivity contribution in [1.82, 2.24) is 40.0 Å². The van der Waals surface area contributed by atoms with Crippen molar-refractivity contribution in [2.45, 2.75) is 49.9 Å². The molecule has 3 N–H and O–H groups in total. The van der Waals surface area contributed by atoms with Crippen molar-refractivity contribution in [3.05, 3.63) is 134 Å². The number of imidazole rings is 2. The van der Waals surface area contributed by atoms with Crippen LogP contribution in [0.3, 0.4) is 0 Å². The van der Waals surface area contributed by atoms with E-state index in [9.17, 15) is 19.2 Å². The number of hydrogen-bond donors (Lipinski definition) is 3. The summed E-state index contributed by atoms with van der Waals surface area (Å²) in [7, 11) is 2.55. The molecule has 2 aliphatic heterocycles. The number of carbonyl (C=O) groups excluding carboxylic acids is 4. The molecule has 3 aliphatic rings. The maximum absolute atomic E-state index is 14.2. The number of carbonyl (C=O) groups is 4. The van der Waals surface area contributed by atoms with Gasteiger partial charge >= 0.3 is 12.2 Å². The number of rotatable bonds is 10. The van der Waals surface area contributed by atoms with Gasteiger partial charge in [0, 0.05) is 36.0 Å². The van der Waals surface area contributed by atoms with E-state index in [4.69, 9.17) is 19.4 Å². The topological polar surface area (TPSA) is 166 Å². The molecule has 4 amide bonds. The summed E-state index contributed by atoms with van der Waals surface area (Å²) in [6.45, 7) is 12.8. The Morgan fingerprint density at radius 3 is 2.11 bits per heavy atom. The van der Waals surface area contributed by atoms with Crippen molar-refractivity contribution < 1.29 is 28.7 Å². The maximum atomic E-state index is 14.2. The minimum absolute atomic E-state index is 0.212. The molecule has 9 rings (SSSR count). The summed E-state index contributed by atoms with van der Waals surface area (Å²) in [5, 5.41) is 6.77. The lowest BCUT2D eigenvalue weighted by Gasteiger charge is -2.31. The lowest BCUT2D eigenvalue weighted by Crippen LogP contribution is -2.52. The van der Waals surface area contributed by atoms with Crippen LogP contribution in [0.1, 0.15) is 49.4 Å². The van der Waals surface area contributed by atoms with Crippen LogP contribution in [-0.4, -0.2) is 98.0 Å². The molecule has 0 radical (unpaired) electrons. The fraction of sp³-hybridized carbons (Fsp3) is 0.265. The third kappa shape index (κ3) is 7.30. The van der Waals surface area contributed by atoms with Crippen LogP contribution in [0.25, 0.3) is 54.7 Å². The summed E-state index contributed by atoms with van der Waals surface area (Å²) >= 11 is 0. The zero-order valence-corrected chi connectivity index (χ0v) is 35.2. The van der Waals surface area contributed by atoms with Gasteiger partial charge in [-0.05, 0) is 77.4 Å². The smallest absolute Gasteiger partial charge is 0.414 e. The van der Waals surface area contributed by atoms with Gasteiger partial charge in [-0.3, -0.25) is 14.5 Å². The zero-order chi connectivity index (χ0) is 43.9. The molecule has 1 unspecified atom stereocenters. The van der Waals surface area contributed by atoms with Crippen LogP contribution in [0.2, 0.25) is 0 Å². The van der Waals surface area contributed by atoms with E-state index in [1.165, 1.54) is 26.5 Å². The number of amides is 4. The summed E-state index contributed by atoms with van der Waals surface area (Å²) in [5.41, 5.74) is 6.27. The predicted octanol–water partition coefficient (Wildman–Crippen LogP) is 8.53. The van der Waals surface area contributed by atoms with Gasteiger partial charge in [-0.25, -0.2) is 19.6 Å². The third-order valence-corrected chi connectivity index (χ3v) is 12.6. The van der Waals surface area contributed by atoms with E-state index >= 15 is 0 Å². The van der Waals surface area contributed by atoms with Crippen molar-refractivity contribution in [2.75, 3.05) is 27.3 Å². The summed E-state index contributed by atoms with van der Waals surface area (Å²) in [6.07, 6.45) is 11.8. The lowest BCUT2D eigenvalue weighted by atomic mass is 9.91. The van der Waals surface area contributed by atoms with Crippen molar-refractivity contribution in [1.29, 1.82) is 0 Å². The van der Waals surface area contributed by atoms with Gasteiger partial charge in [0.2, 0.25) is 5.91 Å². The van der Waals surface area contributed by atoms with Crippen LogP contribution < -0.4 is 5.32 Å². The molecular formula is C49H48N8O6. The van der Waals surface area contributed by atoms with Crippen molar-refractivity contribution in [3.8, 4) is 11.1 Å². The van der Waals surface area contributed by atoms with E-state index in [0.29, 0.717) is 37.6 Å². The van der Waals surface area contributed by atoms with Gasteiger partial charge in [0.1, 0.15) is 29.8 Å². The molecule has 2 aromatic heterocycles. The van der Waals surface area contributed by atoms with Gasteiger partial charge in [-0.2, -0.15) is 0 Å². The molecule has 4 heterocycles. The highest BCUT2D eigenvalue weighted by atomic mass is 16.5. The lowest BCUT2D eigenvalue weighted by molar-refractivity contribution is -0.135. The molecule has 4 aromatic carbocycles. The minimum atomic E-state index is -0.961. The van der Waals surface area contributed by atoms with Gasteiger partial charge in [0.25, 0.3) is 5.91 Å². The molecule has 6 aromatic rings. The SMILES string of the molecule is C=C[C@@H](C(=O)N1CCC[C@H]1c1nc2c(ccc3cc(-c4ccc5c(ccc6[nH]c([C@@H]7C(=C)CCN7C(=O)[C@H](NC(=O)OC)C7C=CC=CC7)nc65)c4)ccc32)[nH]1)N(C=C)C(=O)OC. The second-order valence-electron chi connectivity index (χ2n) is 16.1. The highest BCUT2D eigenvalue weighted by molar-refractivity contribution is 6.07. The normalized spacial score (nSPS) is 19.5. The Labute approximate surface area is 363 Å². The first kappa shape index (κ1) is 40.9. The van der Waals surface area contributed by atoms with Crippen molar-refractivity contribution in [2.24, 2.45) is 5.92 Å². The molecule has 0 bridgehead atoms. The Morgan fingerprint density at radius 1 is 0.841 bits per heavy atom. The van der Waals surface area contributed by atoms with E-state index < -0.39 is 30.3 Å². The first-order valence-electron chi connectivity index (χ1n) is 21.0. The quantitative estimate of drug-likeness (QED) is 0.116. The molecule has 14 heteroatoms. The number of H-pyrrole nitrogens is 2. The Hall–Kier alpha value is -7.48. The standard InChI is InChI=1S/C49H48N8O6/c1-6-38(55(7-2)49(61)63-5)46(58)56-24-11-14-39(56)44-50-36-21-17-32-26-30(15-19-34(32)41(36)52-44)31-16-20-35-33(27-31)18-22-37-42(35)53-45(51-37)43-28(3)23-25-57(43)47(59)40(54-48(60)62-4)29-12-9-8-10-13-29/h6-10,12,15-22,26-27,29,38-40,43H,1-3,11,13-14,23-25H2,4-5H3,(H,50,52)(H,51,53)(H,54,60)/t29?,38-,39-,40+,43-/m0/s1. The van der Waals surface area contributed by atoms with E-state index in [-0.39, 0.29) is 23.8 Å². The maximum Gasteiger partial charge on any atom is 0.414 e. The number of aromatic nitrogens is 4. The summed E-state index contributed by atoms with van der Waals surface area (Å²) in [5.74, 6) is 0.603. The number of nitrogens with one attached hydrogen (secondary N) is 3. The molecule has 63 heavy (non-hydrogen) atoms. The second kappa shape index (κ2) is 16.8. The molecular weight excluding hydrogens is 797 g/mol. The number of benzene rings is 4. The summed E-state index contributed by atoms with van der Waals surface area (Å²) in [4.78, 5) is 74.6. The Kier molecular flexibility index (Phi) is 10.9. The van der Waals surface area contributed by atoms with E-state index in [1.54, 1.807) is 9.80 Å². The molecule has 320 valence electrons. The van der Waals surface area contributed by atoms with Crippen molar-refractivity contribution >= 4 is 67.6 Å². The number of nitrogens with zero attached hydrogens (tertiary/aromatic N) is 5. The number of likely N-dealkylation sites (tertiary alicyclic amines) is 2. The number of allylic oxidation sites excluding steroid dienone is 3. The van der Waals surface area contributed by atoms with Crippen LogP contribution >= 0.6 is 0 Å². The van der Waals surface area contributed by atoms with Crippen LogP contribution in [0.4, 0.5) is 9.59 Å². The number of alkyl carbamates (subject to hydrolysis) is 1. The van der Waals surface area contributed by atoms with Crippen LogP contribution in [0, 0.1) is 5.92 Å². The molecule has 1 aliphatic carbocycles. The molecule has 5 atom stereocenters. The van der Waals surface area contributed by atoms with E-state index in [0.717, 1.165) is 78.1 Å². The molecule has 2 fully saturated rings. The molecule has 14 nitrogen and oxygen atoms in total. The summed E-state index contributed by atoms with van der Waals surface area (Å²) < 4.78 is 9.76. The van der Waals surface area contributed by atoms with Gasteiger partial charge < -0.3 is 34.6 Å². The predicted molar refractivity (Wildman–Crippen MR) is 242 cm³/mol. The minimum Gasteiger partial charge on any atom is -0.453 e. The van der Waals surface area contributed by atoms with Crippen molar-refractivity contribution in [3.63, 3.8) is 0 Å². The third-order valence-electron chi connectivity index (χ3n) is 12.6. The monoisotopic (exact) mass is 844 g/mol. The average Bonchev–Trinajstić information content (AvgIpc) is 4.14. The number of fused-ring (bicyclic) bond motifs is 6. The second-order valence-corrected chi connectivity index (χ2v) is 16.1. The van der Waals surface area contributed by atoms with E-state index in [2.05, 4.69) is 83.6 Å². The zero-order valence-electron chi connectivity index (χ0n) is 35.2. The largest absolute Gasteiger partial charge is 0.453 e. The number of ether oxygens (including phenoxy) is 2. The first-order valence-corrected chi connectivity index (χ1v) is 21.0.